The molecule has 13 aromatic heterocycles. The monoisotopic (exact) mass is 1840 g/mol. The lowest BCUT2D eigenvalue weighted by atomic mass is 10.2. The molecule has 3 saturated heterocycles. The minimum absolute atomic E-state index is 0.0201. The van der Waals surface area contributed by atoms with E-state index in [-0.39, 0.29) is 76.8 Å². The lowest BCUT2D eigenvalue weighted by Gasteiger charge is -2.19. The molecule has 6 N–H and O–H groups in total. The second kappa shape index (κ2) is 44.7. The van der Waals surface area contributed by atoms with Gasteiger partial charge >= 0.3 is 18.3 Å². The molecule has 0 aromatic carbocycles. The number of ether oxygens (including phenoxy) is 3. The number of cyclic esters (lactones) is 3. The van der Waals surface area contributed by atoms with Crippen LogP contribution in [0.2, 0.25) is 36.2 Å². The highest BCUT2D eigenvalue weighted by atomic mass is 35.5. The van der Waals surface area contributed by atoms with E-state index >= 15 is 0 Å². The molecule has 0 aliphatic carbocycles. The Morgan fingerprint density at radius 2 is 0.854 bits per heavy atom. The minimum Gasteiger partial charge on any atom is -0.447 e. The van der Waals surface area contributed by atoms with Crippen molar-refractivity contribution >= 4 is 193 Å². The molecule has 1 unspecified atom stereocenters. The first-order chi connectivity index (χ1) is 58.6. The van der Waals surface area contributed by atoms with Gasteiger partial charge in [-0.15, -0.1) is 32.0 Å². The normalized spacial score (nSPS) is 15.2. The van der Waals surface area contributed by atoms with Gasteiger partial charge in [0.05, 0.1) is 84.3 Å². The summed E-state index contributed by atoms with van der Waals surface area (Å²) in [6, 6.07) is 19.6. The second-order valence-corrected chi connectivity index (χ2v) is 29.4. The number of nitrogens with one attached hydrogen (secondary N) is 2. The van der Waals surface area contributed by atoms with E-state index in [1.54, 1.807) is 132 Å². The van der Waals surface area contributed by atoms with Crippen molar-refractivity contribution in [3.05, 3.63) is 174 Å². The van der Waals surface area contributed by atoms with Crippen LogP contribution in [0.25, 0.3) is 22.6 Å². The van der Waals surface area contributed by atoms with Crippen LogP contribution in [0.15, 0.2) is 103 Å². The van der Waals surface area contributed by atoms with Crippen molar-refractivity contribution in [3.63, 3.8) is 0 Å². The SMILES string of the molecule is CC(=O)CCl.CC(=O)c1cnc2ccc(Cl)nn12.CC(N)c1cnc2ccc(Cl)nn12.CC[C@H]1COC(=O)N1c1nc(C)nc(Cl)n1.CC[C@H]1COC(=O)N1c1nc(C)nc(N[C@@H](C)c2cnc3ccc(Cl)nn23)n1.CC[C@H]1COC(=O)N1c1nc(C)nc(N[C@H](C)c2cnc3ccc(Cl)nn23)n1.CN(C)C=Nc1ccc(Cl)nn1.Nc1ccc(Cl)nn1. The third-order valence-corrected chi connectivity index (χ3v) is 18.6. The van der Waals surface area contributed by atoms with Crippen LogP contribution in [0.4, 0.5) is 55.8 Å². The summed E-state index contributed by atoms with van der Waals surface area (Å²) in [7, 11) is 3.76. The number of ketones is 2. The highest BCUT2D eigenvalue weighted by Gasteiger charge is 2.38. The molecular weight excluding hydrogens is 1760 g/mol. The summed E-state index contributed by atoms with van der Waals surface area (Å²) in [6.45, 7) is 20.8. The fraction of sp³-hybridized carbons (Fsp3) is 0.356. The first-order valence-electron chi connectivity index (χ1n) is 37.2. The molecule has 16 heterocycles. The number of Topliss-reactive ketones (excluding diaryl/α,β-unsaturated/α-hetero) is 2. The third-order valence-electron chi connectivity index (χ3n) is 16.8. The van der Waals surface area contributed by atoms with Crippen molar-refractivity contribution in [2.24, 2.45) is 10.7 Å². The van der Waals surface area contributed by atoms with Gasteiger partial charge in [0.1, 0.15) is 75.2 Å². The van der Waals surface area contributed by atoms with Gasteiger partial charge in [-0.25, -0.2) is 77.1 Å². The number of nitrogens with two attached hydrogens (primary N) is 2. The number of carbonyl (C=O) groups is 5. The van der Waals surface area contributed by atoms with Gasteiger partial charge in [0.25, 0.3) is 0 Å². The predicted octanol–water partition coefficient (Wildman–Crippen LogP) is 13.0. The summed E-state index contributed by atoms with van der Waals surface area (Å²) in [5.41, 5.74) is 16.6. The van der Waals surface area contributed by atoms with Crippen molar-refractivity contribution < 1.29 is 38.2 Å². The molecule has 0 spiro atoms. The molecule has 0 bridgehead atoms. The van der Waals surface area contributed by atoms with Crippen LogP contribution in [-0.2, 0) is 19.0 Å². The van der Waals surface area contributed by atoms with E-state index in [4.69, 9.17) is 118 Å². The van der Waals surface area contributed by atoms with Gasteiger partial charge in [-0.3, -0.25) is 9.59 Å². The quantitative estimate of drug-likeness (QED) is 0.0216. The number of hydrogen-bond acceptors (Lipinski definition) is 34. The smallest absolute Gasteiger partial charge is 0.417 e. The topological polar surface area (TPSA) is 503 Å². The number of hydrogen-bond donors (Lipinski definition) is 4. The van der Waals surface area contributed by atoms with Crippen LogP contribution in [0.5, 0.6) is 0 Å². The number of anilines is 6. The van der Waals surface area contributed by atoms with E-state index in [0.717, 1.165) is 42.0 Å². The van der Waals surface area contributed by atoms with Crippen molar-refractivity contribution in [2.75, 3.05) is 70.9 Å². The van der Waals surface area contributed by atoms with Gasteiger partial charge in [-0.1, -0.05) is 90.4 Å². The fourth-order valence-electron chi connectivity index (χ4n) is 10.9. The molecule has 3 aliphatic rings. The number of rotatable bonds is 17. The molecule has 648 valence electrons. The van der Waals surface area contributed by atoms with E-state index in [2.05, 4.69) is 121 Å². The third kappa shape index (κ3) is 26.5. The van der Waals surface area contributed by atoms with Gasteiger partial charge in [-0.2, -0.15) is 60.3 Å². The molecule has 16 rings (SSSR count). The number of carbonyl (C=O) groups excluding carboxylic acids is 5. The molecule has 6 atom stereocenters. The maximum absolute atomic E-state index is 12.1. The molecule has 3 amide bonds. The number of aryl methyl sites for hydroxylation is 3. The van der Waals surface area contributed by atoms with E-state index in [1.165, 1.54) is 39.3 Å². The average Bonchev–Trinajstić information content (AvgIpc) is 1.68. The number of aliphatic imine (C=N–C) groups is 1. The van der Waals surface area contributed by atoms with Crippen LogP contribution in [0.3, 0.4) is 0 Å². The number of amides is 3. The summed E-state index contributed by atoms with van der Waals surface area (Å²) < 4.78 is 21.6. The van der Waals surface area contributed by atoms with Crippen molar-refractivity contribution in [1.82, 2.24) is 129 Å². The average molecular weight is 1850 g/mol. The van der Waals surface area contributed by atoms with Crippen molar-refractivity contribution in [2.45, 2.75) is 132 Å². The predicted molar refractivity (Wildman–Crippen MR) is 463 cm³/mol. The molecule has 0 saturated carbocycles. The Labute approximate surface area is 742 Å². The summed E-state index contributed by atoms with van der Waals surface area (Å²) >= 11 is 45.1. The lowest BCUT2D eigenvalue weighted by Crippen LogP contribution is -2.34. The van der Waals surface area contributed by atoms with Gasteiger partial charge in [0.15, 0.2) is 44.5 Å². The number of imidazole rings is 4. The molecule has 50 heteroatoms. The Morgan fingerprint density at radius 3 is 1.20 bits per heavy atom. The summed E-state index contributed by atoms with van der Waals surface area (Å²) in [5, 5.41) is 39.7. The molecular formula is C73H82Cl8N34O8. The fourth-order valence-corrected chi connectivity index (χ4v) is 11.8. The summed E-state index contributed by atoms with van der Waals surface area (Å²) in [6.07, 6.45) is 9.21. The number of halogens is 8. The van der Waals surface area contributed by atoms with Crippen molar-refractivity contribution in [1.29, 1.82) is 0 Å². The molecule has 3 aliphatic heterocycles. The Kier molecular flexibility index (Phi) is 34.4. The van der Waals surface area contributed by atoms with E-state index in [9.17, 15) is 24.0 Å². The number of nitrogen functional groups attached to an aromatic ring is 1. The van der Waals surface area contributed by atoms with Crippen LogP contribution in [-0.4, -0.2) is 223 Å². The number of nitrogens with zero attached hydrogens (tertiary/aromatic N) is 30. The molecule has 42 nitrogen and oxygen atoms in total. The Morgan fingerprint density at radius 1 is 0.496 bits per heavy atom. The first kappa shape index (κ1) is 94.8. The van der Waals surface area contributed by atoms with E-state index in [0.29, 0.717) is 114 Å². The largest absolute Gasteiger partial charge is 0.447 e. The van der Waals surface area contributed by atoms with Gasteiger partial charge in [0.2, 0.25) is 35.0 Å². The van der Waals surface area contributed by atoms with Crippen molar-refractivity contribution in [3.8, 4) is 0 Å². The number of fused-ring (bicyclic) bond motifs is 4. The van der Waals surface area contributed by atoms with E-state index < -0.39 is 18.3 Å². The Hall–Kier alpha value is -12.0. The maximum Gasteiger partial charge on any atom is 0.417 e. The van der Waals surface area contributed by atoms with Gasteiger partial charge in [0, 0.05) is 27.1 Å². The summed E-state index contributed by atoms with van der Waals surface area (Å²) in [5.74, 6) is 3.98. The Balaban J connectivity index is 0.000000167. The van der Waals surface area contributed by atoms with Crippen LogP contribution >= 0.6 is 92.8 Å². The number of aromatic nitrogens is 25. The minimum atomic E-state index is -0.447. The maximum atomic E-state index is 12.1. The molecule has 123 heavy (non-hydrogen) atoms. The highest BCUT2D eigenvalue weighted by molar-refractivity contribution is 6.31. The van der Waals surface area contributed by atoms with E-state index in [1.807, 2.05) is 60.5 Å². The van der Waals surface area contributed by atoms with Gasteiger partial charge < -0.3 is 41.2 Å². The Bertz CT molecular complexity index is 5630. The number of alkyl halides is 1. The van der Waals surface area contributed by atoms with Crippen LogP contribution in [0.1, 0.15) is 138 Å². The molecule has 3 fully saturated rings. The summed E-state index contributed by atoms with van der Waals surface area (Å²) in [4.78, 5) is 122. The zero-order valence-corrected chi connectivity index (χ0v) is 74.1. The molecule has 0 radical (unpaired) electrons. The highest BCUT2D eigenvalue weighted by Crippen LogP contribution is 2.29. The lowest BCUT2D eigenvalue weighted by molar-refractivity contribution is -0.114. The van der Waals surface area contributed by atoms with Gasteiger partial charge in [-0.05, 0) is 152 Å². The van der Waals surface area contributed by atoms with Crippen LogP contribution < -0.4 is 36.8 Å². The van der Waals surface area contributed by atoms with Crippen LogP contribution in [0, 0.1) is 20.8 Å². The molecule has 13 aromatic rings. The first-order valence-corrected chi connectivity index (χ1v) is 40.3. The zero-order valence-electron chi connectivity index (χ0n) is 68.1. The second-order valence-electron chi connectivity index (χ2n) is 26.5. The standard InChI is InChI=1S/2C17H19ClN8O2.C9H11ClN4O2.C8H9ClN4.C8H6ClN3O.C7H9ClN4.C4H4ClN3.C3H5ClO/c2*1-4-11-8-28-17(27)25(11)16-22-10(3)21-15(23-16)20-9(2)12-7-19-14-6-5-13(18)24-26(12)14;1-3-6-4-16-9(15)14(6)8-12-5(2)11-7(10)13-8;1-5(10)6-4-11-8-3-2-7(9)12-13(6)8;1-5(13)6-4-10-8-3-2-7(9)11-12(6)8;1-12(2)5-9-7-4-3-6(8)10-11-7;5-3-1-2-4(6)8-7-3;1-3(5)2-4/h2*5-7,9,11H,4,8H2,1-3H3,(H,20,21,22,23);6H,3-4H2,1-2H3;2-5H,10H2,1H3;2-4H,1H3;3-5H,1-2H3;1-2H,(H2,6,8);2H2,1H3/t9-,11+;9-,11-;6-;;;;;/m100...../s1. The zero-order chi connectivity index (χ0) is 89.5.